The standard InChI is InChI=1S/C6H10F3NO.C5H10O2/c7-6(8,9)5(11)2-1-3-10-4-5;1-5(2,3)7-4-6/h10-11H,1-4H2;4H,1-3H3. The Labute approximate surface area is 105 Å². The van der Waals surface area contributed by atoms with E-state index in [0.717, 1.165) is 0 Å². The van der Waals surface area contributed by atoms with Crippen molar-refractivity contribution < 1.29 is 27.8 Å². The van der Waals surface area contributed by atoms with Crippen molar-refractivity contribution in [3.63, 3.8) is 0 Å². The van der Waals surface area contributed by atoms with Crippen molar-refractivity contribution in [3.8, 4) is 0 Å². The van der Waals surface area contributed by atoms with E-state index in [4.69, 9.17) is 5.11 Å². The van der Waals surface area contributed by atoms with Crippen molar-refractivity contribution in [2.75, 3.05) is 13.1 Å². The Morgan fingerprint density at radius 2 is 1.89 bits per heavy atom. The average Bonchev–Trinajstić information content (AvgIpc) is 2.16. The molecule has 1 saturated heterocycles. The number of piperidine rings is 1. The van der Waals surface area contributed by atoms with Crippen LogP contribution in [0.4, 0.5) is 13.2 Å². The Morgan fingerprint density at radius 1 is 1.33 bits per heavy atom. The minimum absolute atomic E-state index is 0.191. The Hall–Kier alpha value is -0.820. The summed E-state index contributed by atoms with van der Waals surface area (Å²) < 4.78 is 40.7. The van der Waals surface area contributed by atoms with Gasteiger partial charge in [-0.3, -0.25) is 4.79 Å². The molecule has 1 rings (SSSR count). The predicted octanol–water partition coefficient (Wildman–Crippen LogP) is 1.62. The Kier molecular flexibility index (Phi) is 6.09. The van der Waals surface area contributed by atoms with E-state index in [-0.39, 0.29) is 18.6 Å². The van der Waals surface area contributed by atoms with Gasteiger partial charge in [-0.1, -0.05) is 0 Å². The number of ether oxygens (including phenoxy) is 1. The highest BCUT2D eigenvalue weighted by atomic mass is 19.4. The van der Waals surface area contributed by atoms with Gasteiger partial charge in [-0.25, -0.2) is 0 Å². The summed E-state index contributed by atoms with van der Waals surface area (Å²) in [6.45, 7) is 6.10. The summed E-state index contributed by atoms with van der Waals surface area (Å²) >= 11 is 0. The molecule has 18 heavy (non-hydrogen) atoms. The fourth-order valence-electron chi connectivity index (χ4n) is 1.28. The zero-order chi connectivity index (χ0) is 14.4. The largest absolute Gasteiger partial charge is 0.462 e. The molecule has 1 heterocycles. The van der Waals surface area contributed by atoms with Crippen molar-refractivity contribution in [2.24, 2.45) is 0 Å². The van der Waals surface area contributed by atoms with Crippen LogP contribution >= 0.6 is 0 Å². The lowest BCUT2D eigenvalue weighted by molar-refractivity contribution is -0.264. The number of β-amino-alcohol motifs (C(OH)–C–C–N with tert-alkyl or cyclic N) is 1. The monoisotopic (exact) mass is 271 g/mol. The lowest BCUT2D eigenvalue weighted by Gasteiger charge is -2.34. The minimum atomic E-state index is -4.50. The number of carbonyl (C=O) groups is 1. The number of carbonyl (C=O) groups excluding carboxylic acids is 1. The molecule has 0 aromatic carbocycles. The van der Waals surface area contributed by atoms with Gasteiger partial charge in [0.05, 0.1) is 0 Å². The van der Waals surface area contributed by atoms with E-state index < -0.39 is 11.8 Å². The molecule has 0 aliphatic carbocycles. The molecule has 108 valence electrons. The van der Waals surface area contributed by atoms with Crippen LogP contribution in [0.15, 0.2) is 0 Å². The van der Waals surface area contributed by atoms with Crippen molar-refractivity contribution in [1.29, 1.82) is 0 Å². The second-order valence-electron chi connectivity index (χ2n) is 5.14. The lowest BCUT2D eigenvalue weighted by Crippen LogP contribution is -2.55. The van der Waals surface area contributed by atoms with Gasteiger partial charge in [-0.15, -0.1) is 0 Å². The zero-order valence-electron chi connectivity index (χ0n) is 10.8. The molecule has 1 atom stereocenters. The van der Waals surface area contributed by atoms with Gasteiger partial charge in [0.1, 0.15) is 5.60 Å². The first-order valence-corrected chi connectivity index (χ1v) is 5.63. The maximum atomic E-state index is 12.0. The third-order valence-electron chi connectivity index (χ3n) is 2.29. The molecule has 1 unspecified atom stereocenters. The zero-order valence-corrected chi connectivity index (χ0v) is 10.8. The molecule has 0 radical (unpaired) electrons. The van der Waals surface area contributed by atoms with Gasteiger partial charge in [0, 0.05) is 6.54 Å². The summed E-state index contributed by atoms with van der Waals surface area (Å²) in [5.41, 5.74) is -2.81. The molecule has 0 aromatic rings. The average molecular weight is 271 g/mol. The number of rotatable bonds is 1. The molecule has 0 bridgehead atoms. The van der Waals surface area contributed by atoms with E-state index in [0.29, 0.717) is 19.4 Å². The van der Waals surface area contributed by atoms with E-state index in [1.54, 1.807) is 0 Å². The summed E-state index contributed by atoms with van der Waals surface area (Å²) in [5.74, 6) is 0. The molecular weight excluding hydrogens is 251 g/mol. The van der Waals surface area contributed by atoms with Gasteiger partial charge in [-0.2, -0.15) is 13.2 Å². The highest BCUT2D eigenvalue weighted by molar-refractivity contribution is 5.37. The van der Waals surface area contributed by atoms with Gasteiger partial charge in [0.25, 0.3) is 6.47 Å². The quantitative estimate of drug-likeness (QED) is 0.712. The maximum Gasteiger partial charge on any atom is 0.418 e. The van der Waals surface area contributed by atoms with Crippen LogP contribution in [0.5, 0.6) is 0 Å². The number of nitrogens with one attached hydrogen (secondary N) is 1. The van der Waals surface area contributed by atoms with E-state index in [9.17, 15) is 18.0 Å². The predicted molar refractivity (Wildman–Crippen MR) is 60.0 cm³/mol. The summed E-state index contributed by atoms with van der Waals surface area (Å²) in [4.78, 5) is 9.60. The number of alkyl halides is 3. The minimum Gasteiger partial charge on any atom is -0.462 e. The first-order chi connectivity index (χ1) is 8.02. The first-order valence-electron chi connectivity index (χ1n) is 5.63. The van der Waals surface area contributed by atoms with Crippen LogP contribution in [0.1, 0.15) is 33.6 Å². The van der Waals surface area contributed by atoms with Gasteiger partial charge in [0.15, 0.2) is 5.60 Å². The highest BCUT2D eigenvalue weighted by Crippen LogP contribution is 2.34. The summed E-state index contributed by atoms with van der Waals surface area (Å²) in [6.07, 6.45) is -4.32. The fourth-order valence-corrected chi connectivity index (χ4v) is 1.28. The number of hydrogen-bond donors (Lipinski definition) is 2. The van der Waals surface area contributed by atoms with Crippen molar-refractivity contribution in [1.82, 2.24) is 5.32 Å². The summed E-state index contributed by atoms with van der Waals surface area (Å²) in [6, 6.07) is 0. The Morgan fingerprint density at radius 3 is 2.06 bits per heavy atom. The number of aliphatic hydroxyl groups is 1. The Balaban J connectivity index is 0.000000360. The van der Waals surface area contributed by atoms with Crippen LogP contribution in [0.3, 0.4) is 0 Å². The topological polar surface area (TPSA) is 58.6 Å². The van der Waals surface area contributed by atoms with Crippen LogP contribution in [0.2, 0.25) is 0 Å². The summed E-state index contributed by atoms with van der Waals surface area (Å²) in [5, 5.41) is 11.5. The van der Waals surface area contributed by atoms with Gasteiger partial charge in [-0.05, 0) is 40.2 Å². The smallest absolute Gasteiger partial charge is 0.418 e. The molecule has 2 N–H and O–H groups in total. The van der Waals surface area contributed by atoms with Crippen LogP contribution < -0.4 is 5.32 Å². The van der Waals surface area contributed by atoms with Crippen molar-refractivity contribution >= 4 is 6.47 Å². The highest BCUT2D eigenvalue weighted by Gasteiger charge is 2.53. The fraction of sp³-hybridized carbons (Fsp3) is 0.909. The van der Waals surface area contributed by atoms with Crippen LogP contribution in [0.25, 0.3) is 0 Å². The molecule has 1 fully saturated rings. The van der Waals surface area contributed by atoms with Crippen LogP contribution in [0, 0.1) is 0 Å². The van der Waals surface area contributed by atoms with E-state index in [1.165, 1.54) is 0 Å². The Bertz CT molecular complexity index is 255. The lowest BCUT2D eigenvalue weighted by atomic mass is 9.94. The summed E-state index contributed by atoms with van der Waals surface area (Å²) in [7, 11) is 0. The van der Waals surface area contributed by atoms with Gasteiger partial charge < -0.3 is 15.2 Å². The van der Waals surface area contributed by atoms with E-state index in [2.05, 4.69) is 10.1 Å². The van der Waals surface area contributed by atoms with E-state index in [1.807, 2.05) is 20.8 Å². The molecule has 1 aliphatic heterocycles. The molecule has 0 aromatic heterocycles. The third-order valence-corrected chi connectivity index (χ3v) is 2.29. The second-order valence-corrected chi connectivity index (χ2v) is 5.14. The SMILES string of the molecule is CC(C)(C)OC=O.OC1(C(F)(F)F)CCCNC1. The molecular formula is C11H20F3NO3. The van der Waals surface area contributed by atoms with E-state index >= 15 is 0 Å². The second kappa shape index (κ2) is 6.38. The molecule has 0 spiro atoms. The third kappa shape index (κ3) is 6.20. The van der Waals surface area contributed by atoms with Crippen LogP contribution in [-0.2, 0) is 9.53 Å². The number of halogens is 3. The molecule has 7 heteroatoms. The maximum absolute atomic E-state index is 12.0. The molecule has 0 amide bonds. The molecule has 4 nitrogen and oxygen atoms in total. The van der Waals surface area contributed by atoms with Crippen LogP contribution in [-0.4, -0.2) is 42.0 Å². The molecule has 0 saturated carbocycles. The number of hydrogen-bond acceptors (Lipinski definition) is 4. The molecule has 1 aliphatic rings. The van der Waals surface area contributed by atoms with Gasteiger partial charge in [0.2, 0.25) is 0 Å². The first kappa shape index (κ1) is 17.2. The van der Waals surface area contributed by atoms with Crippen molar-refractivity contribution in [3.05, 3.63) is 0 Å². The van der Waals surface area contributed by atoms with Gasteiger partial charge >= 0.3 is 6.18 Å². The normalized spacial score (nSPS) is 24.8. The van der Waals surface area contributed by atoms with Crippen molar-refractivity contribution in [2.45, 2.75) is 51.0 Å².